The Morgan fingerprint density at radius 2 is 1.93 bits per heavy atom. The molecule has 2 N–H and O–H groups in total. The van der Waals surface area contributed by atoms with Gasteiger partial charge in [0.15, 0.2) is 0 Å². The Kier molecular flexibility index (Phi) is 5.10. The molecule has 4 aromatic rings. The molecule has 1 aliphatic carbocycles. The normalized spacial score (nSPS) is 13.3. The van der Waals surface area contributed by atoms with Crippen molar-refractivity contribution in [3.05, 3.63) is 47.8 Å². The Morgan fingerprint density at radius 3 is 2.79 bits per heavy atom. The maximum atomic E-state index is 8.81. The molecular weight excluding hydrogens is 384 g/mol. The van der Waals surface area contributed by atoms with Crippen LogP contribution >= 0.6 is 11.3 Å². The summed E-state index contributed by atoms with van der Waals surface area (Å²) in [5.41, 5.74) is 6.04. The molecular formula is C22H22N4O2S. The van der Waals surface area contributed by atoms with Gasteiger partial charge in [-0.05, 0) is 30.4 Å². The van der Waals surface area contributed by atoms with Crippen LogP contribution in [0.25, 0.3) is 31.7 Å². The fourth-order valence-corrected chi connectivity index (χ4v) is 5.19. The number of anilines is 1. The SMILES string of the molecule is OCCOCCNc1ncnc2c1sc1nc(-c3ccccc3)c3c(c12)CCC3. The molecule has 0 bridgehead atoms. The summed E-state index contributed by atoms with van der Waals surface area (Å²) in [5.74, 6) is 0.818. The Labute approximate surface area is 172 Å². The minimum Gasteiger partial charge on any atom is -0.394 e. The topological polar surface area (TPSA) is 80.2 Å². The van der Waals surface area contributed by atoms with Crippen molar-refractivity contribution in [3.8, 4) is 11.3 Å². The Balaban J connectivity index is 1.60. The number of hydrogen-bond acceptors (Lipinski definition) is 7. The number of rotatable bonds is 7. The number of benzene rings is 1. The maximum Gasteiger partial charge on any atom is 0.147 e. The van der Waals surface area contributed by atoms with E-state index in [1.54, 1.807) is 17.7 Å². The minimum atomic E-state index is 0.0363. The number of aliphatic hydroxyl groups excluding tert-OH is 1. The highest BCUT2D eigenvalue weighted by atomic mass is 32.1. The van der Waals surface area contributed by atoms with Crippen LogP contribution in [0.1, 0.15) is 17.5 Å². The molecule has 0 unspecified atom stereocenters. The van der Waals surface area contributed by atoms with Gasteiger partial charge >= 0.3 is 0 Å². The van der Waals surface area contributed by atoms with E-state index in [0.29, 0.717) is 19.8 Å². The molecule has 3 aromatic heterocycles. The van der Waals surface area contributed by atoms with Crippen molar-refractivity contribution in [2.75, 3.05) is 31.7 Å². The molecule has 29 heavy (non-hydrogen) atoms. The van der Waals surface area contributed by atoms with Crippen LogP contribution in [0.3, 0.4) is 0 Å². The van der Waals surface area contributed by atoms with Gasteiger partial charge in [-0.1, -0.05) is 30.3 Å². The van der Waals surface area contributed by atoms with Gasteiger partial charge in [-0.3, -0.25) is 0 Å². The summed E-state index contributed by atoms with van der Waals surface area (Å²) in [6, 6.07) is 10.5. The van der Waals surface area contributed by atoms with Crippen LogP contribution in [0, 0.1) is 0 Å². The van der Waals surface area contributed by atoms with Crippen LogP contribution < -0.4 is 5.32 Å². The van der Waals surface area contributed by atoms with Crippen LogP contribution in [-0.4, -0.2) is 46.4 Å². The number of thiophene rings is 1. The lowest BCUT2D eigenvalue weighted by Crippen LogP contribution is -2.12. The third-order valence-electron chi connectivity index (χ3n) is 5.29. The zero-order valence-corrected chi connectivity index (χ0v) is 16.8. The van der Waals surface area contributed by atoms with E-state index in [0.717, 1.165) is 45.8 Å². The van der Waals surface area contributed by atoms with Crippen molar-refractivity contribution in [3.63, 3.8) is 0 Å². The van der Waals surface area contributed by atoms with Crippen LogP contribution in [0.2, 0.25) is 0 Å². The Hall–Kier alpha value is -2.61. The first-order valence-electron chi connectivity index (χ1n) is 9.93. The molecule has 0 atom stereocenters. The molecule has 0 amide bonds. The lowest BCUT2D eigenvalue weighted by atomic mass is 10.0. The van der Waals surface area contributed by atoms with E-state index in [4.69, 9.17) is 14.8 Å². The second-order valence-corrected chi connectivity index (χ2v) is 8.08. The number of ether oxygens (including phenoxy) is 1. The Bertz CT molecular complexity index is 1160. The number of aromatic nitrogens is 3. The van der Waals surface area contributed by atoms with E-state index in [1.165, 1.54) is 22.1 Å². The number of nitrogens with one attached hydrogen (secondary N) is 1. The summed E-state index contributed by atoms with van der Waals surface area (Å²) in [6.07, 6.45) is 4.92. The highest BCUT2D eigenvalue weighted by Gasteiger charge is 2.24. The largest absolute Gasteiger partial charge is 0.394 e. The van der Waals surface area contributed by atoms with E-state index in [1.807, 2.05) is 6.07 Å². The number of aryl methyl sites for hydroxylation is 1. The number of aliphatic hydroxyl groups is 1. The molecule has 0 saturated carbocycles. The predicted molar refractivity (Wildman–Crippen MR) is 117 cm³/mol. The zero-order chi connectivity index (χ0) is 19.6. The number of hydrogen-bond donors (Lipinski definition) is 2. The number of nitrogens with zero attached hydrogens (tertiary/aromatic N) is 3. The molecule has 148 valence electrons. The third kappa shape index (κ3) is 3.35. The summed E-state index contributed by atoms with van der Waals surface area (Å²) >= 11 is 1.65. The van der Waals surface area contributed by atoms with E-state index >= 15 is 0 Å². The van der Waals surface area contributed by atoms with Gasteiger partial charge in [0.1, 0.15) is 17.0 Å². The molecule has 3 heterocycles. The lowest BCUT2D eigenvalue weighted by molar-refractivity contribution is 0.0992. The van der Waals surface area contributed by atoms with E-state index in [-0.39, 0.29) is 6.61 Å². The molecule has 0 fully saturated rings. The summed E-state index contributed by atoms with van der Waals surface area (Å²) in [7, 11) is 0. The lowest BCUT2D eigenvalue weighted by Gasteiger charge is -2.09. The summed E-state index contributed by atoms with van der Waals surface area (Å²) in [4.78, 5) is 15.2. The molecule has 0 radical (unpaired) electrons. The van der Waals surface area contributed by atoms with Crippen LogP contribution in [-0.2, 0) is 17.6 Å². The average Bonchev–Trinajstić information content (AvgIpc) is 3.38. The number of fused-ring (bicyclic) bond motifs is 5. The van der Waals surface area contributed by atoms with E-state index in [2.05, 4.69) is 39.6 Å². The second kappa shape index (κ2) is 8.02. The van der Waals surface area contributed by atoms with Gasteiger partial charge in [0.05, 0.1) is 35.7 Å². The first-order chi connectivity index (χ1) is 14.4. The van der Waals surface area contributed by atoms with Crippen LogP contribution in [0.15, 0.2) is 36.7 Å². The van der Waals surface area contributed by atoms with Crippen molar-refractivity contribution in [1.82, 2.24) is 15.0 Å². The molecule has 5 rings (SSSR count). The van der Waals surface area contributed by atoms with Gasteiger partial charge in [-0.15, -0.1) is 11.3 Å². The first-order valence-corrected chi connectivity index (χ1v) is 10.8. The van der Waals surface area contributed by atoms with Gasteiger partial charge in [-0.25, -0.2) is 15.0 Å². The van der Waals surface area contributed by atoms with Crippen molar-refractivity contribution in [1.29, 1.82) is 0 Å². The van der Waals surface area contributed by atoms with Gasteiger partial charge in [0.25, 0.3) is 0 Å². The quantitative estimate of drug-likeness (QED) is 0.454. The smallest absolute Gasteiger partial charge is 0.147 e. The minimum absolute atomic E-state index is 0.0363. The summed E-state index contributed by atoms with van der Waals surface area (Å²) < 4.78 is 6.37. The summed E-state index contributed by atoms with van der Waals surface area (Å²) in [6.45, 7) is 1.53. The monoisotopic (exact) mass is 406 g/mol. The fraction of sp³-hybridized carbons (Fsp3) is 0.318. The molecule has 0 aliphatic heterocycles. The highest BCUT2D eigenvalue weighted by Crippen LogP contribution is 2.43. The molecule has 0 saturated heterocycles. The van der Waals surface area contributed by atoms with E-state index in [9.17, 15) is 0 Å². The molecule has 6 nitrogen and oxygen atoms in total. The van der Waals surface area contributed by atoms with Crippen LogP contribution in [0.5, 0.6) is 0 Å². The van der Waals surface area contributed by atoms with Crippen LogP contribution in [0.4, 0.5) is 5.82 Å². The number of pyridine rings is 1. The van der Waals surface area contributed by atoms with Crippen molar-refractivity contribution < 1.29 is 9.84 Å². The van der Waals surface area contributed by atoms with Gasteiger partial charge < -0.3 is 15.2 Å². The fourth-order valence-electron chi connectivity index (χ4n) is 4.07. The zero-order valence-electron chi connectivity index (χ0n) is 16.0. The van der Waals surface area contributed by atoms with E-state index < -0.39 is 0 Å². The van der Waals surface area contributed by atoms with Gasteiger partial charge in [-0.2, -0.15) is 0 Å². The molecule has 1 aromatic carbocycles. The Morgan fingerprint density at radius 1 is 1.07 bits per heavy atom. The highest BCUT2D eigenvalue weighted by molar-refractivity contribution is 7.26. The van der Waals surface area contributed by atoms with Gasteiger partial charge in [0, 0.05) is 17.5 Å². The standard InChI is InChI=1S/C22H22N4O2S/c27-10-12-28-11-9-23-21-20-19(24-13-25-21)17-15-7-4-8-16(15)18(26-22(17)29-20)14-5-2-1-3-6-14/h1-3,5-6,13,27H,4,7-12H2,(H,23,24,25). The van der Waals surface area contributed by atoms with Crippen molar-refractivity contribution in [2.45, 2.75) is 19.3 Å². The average molecular weight is 407 g/mol. The van der Waals surface area contributed by atoms with Crippen molar-refractivity contribution in [2.24, 2.45) is 0 Å². The molecule has 1 aliphatic rings. The molecule has 0 spiro atoms. The summed E-state index contributed by atoms with van der Waals surface area (Å²) in [5, 5.41) is 13.4. The van der Waals surface area contributed by atoms with Crippen molar-refractivity contribution >= 4 is 37.6 Å². The maximum absolute atomic E-state index is 8.81. The third-order valence-corrected chi connectivity index (χ3v) is 6.37. The predicted octanol–water partition coefficient (Wildman–Crippen LogP) is 3.82. The second-order valence-electron chi connectivity index (χ2n) is 7.08. The molecule has 7 heteroatoms. The first kappa shape index (κ1) is 18.4. The van der Waals surface area contributed by atoms with Gasteiger partial charge in [0.2, 0.25) is 0 Å².